The fraction of sp³-hybridized carbons (Fsp3) is 0.500. The van der Waals surface area contributed by atoms with Crippen LogP contribution >= 0.6 is 0 Å². The lowest BCUT2D eigenvalue weighted by molar-refractivity contribution is -0.127. The van der Waals surface area contributed by atoms with E-state index >= 15 is 0 Å². The van der Waals surface area contributed by atoms with Gasteiger partial charge in [-0.15, -0.1) is 0 Å². The Hall–Kier alpha value is -1.78. The molecule has 1 aromatic rings. The van der Waals surface area contributed by atoms with Crippen LogP contribution in [0.5, 0.6) is 5.75 Å². The second kappa shape index (κ2) is 6.97. The number of nitrogen functional groups attached to an aromatic ring is 1. The molecule has 1 rings (SSSR count). The summed E-state index contributed by atoms with van der Waals surface area (Å²) in [5, 5.41) is 2.85. The first-order chi connectivity index (χ1) is 8.93. The summed E-state index contributed by atoms with van der Waals surface area (Å²) in [6, 6.07) is 3.94. The molecule has 0 aromatic heterocycles. The van der Waals surface area contributed by atoms with E-state index in [0.717, 1.165) is 12.8 Å². The normalized spacial score (nSPS) is 13.7. The Bertz CT molecular complexity index is 437. The van der Waals surface area contributed by atoms with Crippen LogP contribution in [0.25, 0.3) is 0 Å². The Morgan fingerprint density at radius 2 is 2.16 bits per heavy atom. The van der Waals surface area contributed by atoms with Gasteiger partial charge in [0.1, 0.15) is 11.6 Å². The van der Waals surface area contributed by atoms with Crippen LogP contribution in [0.1, 0.15) is 33.6 Å². The predicted octanol–water partition coefficient (Wildman–Crippen LogP) is 2.48. The predicted molar refractivity (Wildman–Crippen MR) is 73.4 cm³/mol. The minimum atomic E-state index is -0.674. The van der Waals surface area contributed by atoms with Crippen molar-refractivity contribution >= 4 is 11.6 Å². The van der Waals surface area contributed by atoms with Gasteiger partial charge >= 0.3 is 0 Å². The van der Waals surface area contributed by atoms with Crippen LogP contribution < -0.4 is 15.8 Å². The van der Waals surface area contributed by atoms with Crippen molar-refractivity contribution in [2.45, 2.75) is 45.8 Å². The van der Waals surface area contributed by atoms with Gasteiger partial charge in [-0.1, -0.05) is 13.3 Å². The van der Waals surface area contributed by atoms with Gasteiger partial charge in [-0.2, -0.15) is 0 Å². The lowest BCUT2D eigenvalue weighted by Crippen LogP contribution is -2.41. The summed E-state index contributed by atoms with van der Waals surface area (Å²) in [6.45, 7) is 5.64. The van der Waals surface area contributed by atoms with E-state index in [9.17, 15) is 9.18 Å². The molecule has 19 heavy (non-hydrogen) atoms. The van der Waals surface area contributed by atoms with Crippen molar-refractivity contribution in [1.29, 1.82) is 0 Å². The molecule has 2 unspecified atom stereocenters. The first-order valence-electron chi connectivity index (χ1n) is 6.46. The van der Waals surface area contributed by atoms with Crippen molar-refractivity contribution in [3.05, 3.63) is 24.0 Å². The van der Waals surface area contributed by atoms with E-state index in [2.05, 4.69) is 12.2 Å². The number of nitrogens with one attached hydrogen (secondary N) is 1. The van der Waals surface area contributed by atoms with Crippen molar-refractivity contribution < 1.29 is 13.9 Å². The summed E-state index contributed by atoms with van der Waals surface area (Å²) in [4.78, 5) is 11.9. The molecular formula is C14H21FN2O2. The Morgan fingerprint density at radius 1 is 1.47 bits per heavy atom. The first kappa shape index (κ1) is 15.3. The van der Waals surface area contributed by atoms with Gasteiger partial charge in [0.2, 0.25) is 0 Å². The molecule has 0 bridgehead atoms. The molecule has 3 N–H and O–H groups in total. The molecule has 0 spiro atoms. The number of amides is 1. The fourth-order valence-corrected chi connectivity index (χ4v) is 1.74. The maximum Gasteiger partial charge on any atom is 0.260 e. The Labute approximate surface area is 113 Å². The third-order valence-corrected chi connectivity index (χ3v) is 2.76. The van der Waals surface area contributed by atoms with Crippen molar-refractivity contribution in [3.8, 4) is 5.75 Å². The van der Waals surface area contributed by atoms with E-state index in [1.54, 1.807) is 6.92 Å². The van der Waals surface area contributed by atoms with Crippen LogP contribution in [-0.2, 0) is 4.79 Å². The van der Waals surface area contributed by atoms with E-state index in [1.807, 2.05) is 6.92 Å². The highest BCUT2D eigenvalue weighted by atomic mass is 19.1. The van der Waals surface area contributed by atoms with Crippen molar-refractivity contribution in [2.75, 3.05) is 5.73 Å². The van der Waals surface area contributed by atoms with Crippen LogP contribution in [-0.4, -0.2) is 18.1 Å². The van der Waals surface area contributed by atoms with Crippen molar-refractivity contribution in [3.63, 3.8) is 0 Å². The number of hydrogen-bond donors (Lipinski definition) is 2. The zero-order valence-corrected chi connectivity index (χ0v) is 11.6. The topological polar surface area (TPSA) is 64.3 Å². The minimum absolute atomic E-state index is 0.106. The van der Waals surface area contributed by atoms with Gasteiger partial charge in [-0.25, -0.2) is 4.39 Å². The van der Waals surface area contributed by atoms with Gasteiger partial charge in [0.05, 0.1) is 5.69 Å². The molecule has 5 heteroatoms. The van der Waals surface area contributed by atoms with Crippen LogP contribution in [0.3, 0.4) is 0 Å². The molecule has 1 aromatic carbocycles. The quantitative estimate of drug-likeness (QED) is 0.779. The molecule has 4 nitrogen and oxygen atoms in total. The molecular weight excluding hydrogens is 247 g/mol. The number of ether oxygens (including phenoxy) is 1. The van der Waals surface area contributed by atoms with Gasteiger partial charge in [-0.3, -0.25) is 4.79 Å². The summed E-state index contributed by atoms with van der Waals surface area (Å²) >= 11 is 0. The van der Waals surface area contributed by atoms with Gasteiger partial charge in [0.15, 0.2) is 6.10 Å². The maximum atomic E-state index is 12.9. The fourth-order valence-electron chi connectivity index (χ4n) is 1.74. The maximum absolute atomic E-state index is 12.9. The number of carbonyl (C=O) groups is 1. The molecule has 106 valence electrons. The molecule has 0 saturated heterocycles. The standard InChI is InChI=1S/C14H21FN2O2/c1-4-5-9(2)17-14(18)10(3)19-13-7-6-11(15)8-12(13)16/h6-10H,4-5,16H2,1-3H3,(H,17,18). The van der Waals surface area contributed by atoms with Crippen LogP contribution in [0.4, 0.5) is 10.1 Å². The number of halogens is 1. The largest absolute Gasteiger partial charge is 0.479 e. The second-order valence-corrected chi connectivity index (χ2v) is 4.64. The third-order valence-electron chi connectivity index (χ3n) is 2.76. The number of nitrogens with two attached hydrogens (primary N) is 1. The average Bonchev–Trinajstić information content (AvgIpc) is 2.32. The lowest BCUT2D eigenvalue weighted by Gasteiger charge is -2.19. The zero-order chi connectivity index (χ0) is 14.4. The van der Waals surface area contributed by atoms with Crippen molar-refractivity contribution in [1.82, 2.24) is 5.32 Å². The first-order valence-corrected chi connectivity index (χ1v) is 6.46. The van der Waals surface area contributed by atoms with E-state index in [0.29, 0.717) is 5.75 Å². The van der Waals surface area contributed by atoms with Gasteiger partial charge in [-0.05, 0) is 32.4 Å². The van der Waals surface area contributed by atoms with Gasteiger partial charge < -0.3 is 15.8 Å². The highest BCUT2D eigenvalue weighted by Crippen LogP contribution is 2.23. The monoisotopic (exact) mass is 268 g/mol. The molecule has 0 fully saturated rings. The van der Waals surface area contributed by atoms with Crippen LogP contribution in [0.15, 0.2) is 18.2 Å². The summed E-state index contributed by atoms with van der Waals surface area (Å²) in [6.07, 6.45) is 1.24. The summed E-state index contributed by atoms with van der Waals surface area (Å²) < 4.78 is 18.3. The van der Waals surface area contributed by atoms with Crippen molar-refractivity contribution in [2.24, 2.45) is 0 Å². The van der Waals surface area contributed by atoms with Crippen LogP contribution in [0.2, 0.25) is 0 Å². The highest BCUT2D eigenvalue weighted by Gasteiger charge is 2.17. The van der Waals surface area contributed by atoms with Gasteiger partial charge in [0, 0.05) is 12.1 Å². The third kappa shape index (κ3) is 4.77. The Morgan fingerprint density at radius 3 is 2.74 bits per heavy atom. The van der Waals surface area contributed by atoms with Gasteiger partial charge in [0.25, 0.3) is 5.91 Å². The molecule has 0 heterocycles. The molecule has 1 amide bonds. The number of carbonyl (C=O) groups excluding carboxylic acids is 1. The Balaban J connectivity index is 2.58. The summed E-state index contributed by atoms with van der Waals surface area (Å²) in [7, 11) is 0. The Kier molecular flexibility index (Phi) is 5.60. The summed E-state index contributed by atoms with van der Waals surface area (Å²) in [5.74, 6) is -0.324. The van der Waals surface area contributed by atoms with E-state index < -0.39 is 11.9 Å². The molecule has 2 atom stereocenters. The molecule has 0 aliphatic rings. The van der Waals surface area contributed by atoms with E-state index in [4.69, 9.17) is 10.5 Å². The zero-order valence-electron chi connectivity index (χ0n) is 11.6. The second-order valence-electron chi connectivity index (χ2n) is 4.64. The summed E-state index contributed by atoms with van der Waals surface area (Å²) in [5.41, 5.74) is 5.80. The SMILES string of the molecule is CCCC(C)NC(=O)C(C)Oc1ccc(F)cc1N. The molecule has 0 radical (unpaired) electrons. The smallest absolute Gasteiger partial charge is 0.260 e. The molecule has 0 saturated carbocycles. The molecule has 0 aliphatic carbocycles. The molecule has 0 aliphatic heterocycles. The number of rotatable bonds is 6. The average molecular weight is 268 g/mol. The van der Waals surface area contributed by atoms with E-state index in [-0.39, 0.29) is 17.6 Å². The lowest BCUT2D eigenvalue weighted by atomic mass is 10.2. The highest BCUT2D eigenvalue weighted by molar-refractivity contribution is 5.81. The van der Waals surface area contributed by atoms with E-state index in [1.165, 1.54) is 18.2 Å². The number of benzene rings is 1. The van der Waals surface area contributed by atoms with Crippen LogP contribution in [0, 0.1) is 5.82 Å². The number of anilines is 1. The number of hydrogen-bond acceptors (Lipinski definition) is 3. The minimum Gasteiger partial charge on any atom is -0.479 e.